The molecule has 0 aliphatic heterocycles. The Hall–Kier alpha value is -1.70. The van der Waals surface area contributed by atoms with E-state index in [1.54, 1.807) is 0 Å². The summed E-state index contributed by atoms with van der Waals surface area (Å²) in [6, 6.07) is 1.14. The molecule has 1 aliphatic rings. The number of nitrogens with zero attached hydrogens (tertiary/aromatic N) is 3. The van der Waals surface area contributed by atoms with E-state index in [0.29, 0.717) is 12.8 Å². The van der Waals surface area contributed by atoms with Crippen LogP contribution >= 0.6 is 11.6 Å². The Labute approximate surface area is 117 Å². The van der Waals surface area contributed by atoms with E-state index in [-0.39, 0.29) is 28.3 Å². The van der Waals surface area contributed by atoms with Gasteiger partial charge in [0, 0.05) is 17.8 Å². The summed E-state index contributed by atoms with van der Waals surface area (Å²) in [5.41, 5.74) is 5.58. The van der Waals surface area contributed by atoms with E-state index in [1.807, 2.05) is 0 Å². The lowest BCUT2D eigenvalue weighted by Gasteiger charge is -2.26. The quantitative estimate of drug-likeness (QED) is 0.387. The first-order chi connectivity index (χ1) is 9.33. The molecule has 5 nitrogen and oxygen atoms in total. The van der Waals surface area contributed by atoms with Crippen LogP contribution in [0.3, 0.4) is 0 Å². The van der Waals surface area contributed by atoms with Crippen molar-refractivity contribution in [2.24, 2.45) is 10.9 Å². The third-order valence-corrected chi connectivity index (χ3v) is 3.24. The first-order valence-electron chi connectivity index (χ1n) is 5.79. The number of aromatic nitrogens is 1. The van der Waals surface area contributed by atoms with Gasteiger partial charge in [-0.1, -0.05) is 16.8 Å². The van der Waals surface area contributed by atoms with Gasteiger partial charge in [0.2, 0.25) is 0 Å². The first kappa shape index (κ1) is 14.7. The van der Waals surface area contributed by atoms with Crippen LogP contribution < -0.4 is 10.6 Å². The maximum Gasteiger partial charge on any atom is 0.405 e. The number of amidine groups is 1. The molecule has 0 spiro atoms. The number of pyridine rings is 1. The number of anilines is 1. The summed E-state index contributed by atoms with van der Waals surface area (Å²) in [4.78, 5) is 5.01. The zero-order chi connectivity index (χ0) is 14.9. The summed E-state index contributed by atoms with van der Waals surface area (Å²) < 4.78 is 37.9. The number of hydrogen-bond donors (Lipinski definition) is 2. The van der Waals surface area contributed by atoms with Gasteiger partial charge < -0.3 is 15.8 Å². The largest absolute Gasteiger partial charge is 0.409 e. The van der Waals surface area contributed by atoms with Crippen LogP contribution in [0.2, 0.25) is 5.02 Å². The van der Waals surface area contributed by atoms with Crippen molar-refractivity contribution in [1.29, 1.82) is 0 Å². The molecule has 0 unspecified atom stereocenters. The minimum Gasteiger partial charge on any atom is -0.409 e. The lowest BCUT2D eigenvalue weighted by Crippen LogP contribution is -2.37. The molecule has 0 saturated heterocycles. The van der Waals surface area contributed by atoms with Crippen molar-refractivity contribution >= 4 is 23.3 Å². The minimum atomic E-state index is -4.36. The van der Waals surface area contributed by atoms with Crippen molar-refractivity contribution in [2.45, 2.75) is 25.1 Å². The highest BCUT2D eigenvalue weighted by atomic mass is 35.5. The zero-order valence-electron chi connectivity index (χ0n) is 10.2. The molecular formula is C11H12ClF3N4O. The summed E-state index contributed by atoms with van der Waals surface area (Å²) in [6.45, 7) is -1.13. The maximum absolute atomic E-state index is 12.6. The van der Waals surface area contributed by atoms with Crippen LogP contribution in [0.25, 0.3) is 0 Å². The van der Waals surface area contributed by atoms with Crippen molar-refractivity contribution < 1.29 is 18.4 Å². The molecule has 1 aromatic heterocycles. The predicted octanol–water partition coefficient (Wildman–Crippen LogP) is 2.36. The normalized spacial score (nSPS) is 16.3. The van der Waals surface area contributed by atoms with E-state index in [4.69, 9.17) is 22.5 Å². The Kier molecular flexibility index (Phi) is 3.94. The number of nitrogens with two attached hydrogens (primary N) is 1. The average molecular weight is 309 g/mol. The molecule has 1 fully saturated rings. The third kappa shape index (κ3) is 3.24. The number of hydrogen-bond acceptors (Lipinski definition) is 4. The molecule has 2 rings (SSSR count). The van der Waals surface area contributed by atoms with Gasteiger partial charge >= 0.3 is 6.18 Å². The van der Waals surface area contributed by atoms with Gasteiger partial charge in [-0.25, -0.2) is 4.98 Å². The van der Waals surface area contributed by atoms with Crippen LogP contribution in [-0.2, 0) is 0 Å². The lowest BCUT2D eigenvalue weighted by atomic mass is 10.2. The van der Waals surface area contributed by atoms with Crippen LogP contribution in [0.15, 0.2) is 17.4 Å². The van der Waals surface area contributed by atoms with Gasteiger partial charge in [0.25, 0.3) is 0 Å². The van der Waals surface area contributed by atoms with Crippen LogP contribution in [0, 0.1) is 0 Å². The first-order valence-corrected chi connectivity index (χ1v) is 6.17. The molecule has 1 heterocycles. The lowest BCUT2D eigenvalue weighted by molar-refractivity contribution is -0.120. The van der Waals surface area contributed by atoms with Gasteiger partial charge in [0.15, 0.2) is 5.84 Å². The highest BCUT2D eigenvalue weighted by Gasteiger charge is 2.39. The molecule has 3 N–H and O–H groups in total. The fourth-order valence-electron chi connectivity index (χ4n) is 1.84. The molecule has 0 atom stereocenters. The van der Waals surface area contributed by atoms with E-state index in [0.717, 1.165) is 4.90 Å². The topological polar surface area (TPSA) is 74.7 Å². The number of rotatable bonds is 4. The molecule has 0 amide bonds. The maximum atomic E-state index is 12.6. The molecule has 9 heteroatoms. The molecule has 0 aromatic carbocycles. The summed E-state index contributed by atoms with van der Waals surface area (Å²) in [5.74, 6) is -0.281. The van der Waals surface area contributed by atoms with E-state index < -0.39 is 12.7 Å². The molecule has 0 bridgehead atoms. The van der Waals surface area contributed by atoms with Crippen LogP contribution in [-0.4, -0.2) is 34.8 Å². The molecule has 1 aliphatic carbocycles. The van der Waals surface area contributed by atoms with Crippen LogP contribution in [0.4, 0.5) is 19.0 Å². The summed E-state index contributed by atoms with van der Waals surface area (Å²) >= 11 is 6.03. The van der Waals surface area contributed by atoms with Crippen LogP contribution in [0.1, 0.15) is 18.4 Å². The van der Waals surface area contributed by atoms with Gasteiger partial charge in [-0.2, -0.15) is 13.2 Å². The Morgan fingerprint density at radius 2 is 2.20 bits per heavy atom. The summed E-state index contributed by atoms with van der Waals surface area (Å²) in [7, 11) is 0. The zero-order valence-corrected chi connectivity index (χ0v) is 11.0. The van der Waals surface area contributed by atoms with Gasteiger partial charge in [0.05, 0.1) is 5.02 Å². The third-order valence-electron chi connectivity index (χ3n) is 2.86. The van der Waals surface area contributed by atoms with Crippen LogP contribution in [0.5, 0.6) is 0 Å². The fourth-order valence-corrected chi connectivity index (χ4v) is 2.16. The van der Waals surface area contributed by atoms with E-state index in [2.05, 4.69) is 10.1 Å². The Balaban J connectivity index is 2.39. The fraction of sp³-hybridized carbons (Fsp3) is 0.455. The monoisotopic (exact) mass is 308 g/mol. The highest BCUT2D eigenvalue weighted by Crippen LogP contribution is 2.37. The van der Waals surface area contributed by atoms with Crippen molar-refractivity contribution in [3.8, 4) is 0 Å². The SMILES string of the molecule is N/C(=N/O)c1ccnc(N(CC(F)(F)F)C2CC2)c1Cl. The molecular weight excluding hydrogens is 297 g/mol. The highest BCUT2D eigenvalue weighted by molar-refractivity contribution is 6.36. The molecule has 1 saturated carbocycles. The van der Waals surface area contributed by atoms with Crippen molar-refractivity contribution in [1.82, 2.24) is 4.98 Å². The Morgan fingerprint density at radius 1 is 1.55 bits per heavy atom. The minimum absolute atomic E-state index is 0.00408. The Bertz CT molecular complexity index is 531. The summed E-state index contributed by atoms with van der Waals surface area (Å²) in [5, 5.41) is 11.4. The van der Waals surface area contributed by atoms with E-state index >= 15 is 0 Å². The molecule has 20 heavy (non-hydrogen) atoms. The number of alkyl halides is 3. The number of oxime groups is 1. The van der Waals surface area contributed by atoms with Gasteiger partial charge in [-0.3, -0.25) is 0 Å². The van der Waals surface area contributed by atoms with Gasteiger partial charge in [-0.05, 0) is 18.9 Å². The smallest absolute Gasteiger partial charge is 0.405 e. The average Bonchev–Trinajstić information content (AvgIpc) is 3.19. The molecule has 1 aromatic rings. The van der Waals surface area contributed by atoms with Gasteiger partial charge in [-0.15, -0.1) is 0 Å². The van der Waals surface area contributed by atoms with E-state index in [1.165, 1.54) is 12.3 Å². The van der Waals surface area contributed by atoms with E-state index in [9.17, 15) is 13.2 Å². The van der Waals surface area contributed by atoms with Gasteiger partial charge in [0.1, 0.15) is 12.4 Å². The number of halogens is 4. The van der Waals surface area contributed by atoms with Crippen molar-refractivity contribution in [3.63, 3.8) is 0 Å². The van der Waals surface area contributed by atoms with Crippen molar-refractivity contribution in [2.75, 3.05) is 11.4 Å². The standard InChI is InChI=1S/C11H12ClF3N4O/c12-8-7(9(16)18-20)3-4-17-10(8)19(6-1-2-6)5-11(13,14)15/h3-4,6,20H,1-2,5H2,(H2,16,18). The second-order valence-corrected chi connectivity index (χ2v) is 4.83. The molecule has 110 valence electrons. The molecule has 0 radical (unpaired) electrons. The van der Waals surface area contributed by atoms with Crippen molar-refractivity contribution in [3.05, 3.63) is 22.8 Å². The second-order valence-electron chi connectivity index (χ2n) is 4.46. The second kappa shape index (κ2) is 5.35. The Morgan fingerprint density at radius 3 is 2.70 bits per heavy atom. The predicted molar refractivity (Wildman–Crippen MR) is 68.2 cm³/mol. The summed E-state index contributed by atoms with van der Waals surface area (Å²) in [6.07, 6.45) is -1.77.